The predicted octanol–water partition coefficient (Wildman–Crippen LogP) is 3.47. The van der Waals surface area contributed by atoms with Crippen molar-refractivity contribution in [3.05, 3.63) is 62.2 Å². The van der Waals surface area contributed by atoms with Gasteiger partial charge >= 0.3 is 0 Å². The highest BCUT2D eigenvalue weighted by molar-refractivity contribution is 6.31. The molecule has 1 N–H and O–H groups in total. The van der Waals surface area contributed by atoms with Crippen molar-refractivity contribution in [2.45, 2.75) is 20.8 Å². The molecule has 104 valence electrons. The maximum Gasteiger partial charge on any atom is 0.263 e. The number of amides is 1. The van der Waals surface area contributed by atoms with E-state index in [0.717, 1.165) is 5.56 Å². The van der Waals surface area contributed by atoms with Crippen LogP contribution in [0.2, 0.25) is 5.02 Å². The first-order valence-corrected chi connectivity index (χ1v) is 6.45. The summed E-state index contributed by atoms with van der Waals surface area (Å²) in [4.78, 5) is 24.1. The van der Waals surface area contributed by atoms with E-state index in [9.17, 15) is 9.59 Å². The summed E-state index contributed by atoms with van der Waals surface area (Å²) in [5, 5.41) is 3.24. The number of hydrogen-bond donors (Lipinski definition) is 1. The molecule has 1 aromatic heterocycles. The summed E-state index contributed by atoms with van der Waals surface area (Å²) in [5.74, 6) is 0.275. The average molecular weight is 292 g/mol. The lowest BCUT2D eigenvalue weighted by Crippen LogP contribution is -2.23. The Morgan fingerprint density at radius 3 is 2.60 bits per heavy atom. The van der Waals surface area contributed by atoms with Gasteiger partial charge in [-0.1, -0.05) is 17.7 Å². The van der Waals surface area contributed by atoms with Gasteiger partial charge in [0.2, 0.25) is 0 Å². The lowest BCUT2D eigenvalue weighted by Gasteiger charge is -2.10. The fourth-order valence-corrected chi connectivity index (χ4v) is 2.13. The van der Waals surface area contributed by atoms with E-state index in [1.54, 1.807) is 39.0 Å². The summed E-state index contributed by atoms with van der Waals surface area (Å²) < 4.78 is 5.31. The SMILES string of the molecule is Cc1cc(=O)c(C(=O)Nc2cccc(Cl)c2C)c(C)o1. The molecule has 0 atom stereocenters. The third-order valence-electron chi connectivity index (χ3n) is 2.99. The van der Waals surface area contributed by atoms with Gasteiger partial charge in [-0.25, -0.2) is 0 Å². The molecule has 0 saturated carbocycles. The van der Waals surface area contributed by atoms with E-state index in [0.29, 0.717) is 22.2 Å². The van der Waals surface area contributed by atoms with Gasteiger partial charge in [0.1, 0.15) is 17.1 Å². The second-order valence-electron chi connectivity index (χ2n) is 4.52. The summed E-state index contributed by atoms with van der Waals surface area (Å²) >= 11 is 6.00. The zero-order chi connectivity index (χ0) is 14.9. The van der Waals surface area contributed by atoms with Crippen LogP contribution in [0.5, 0.6) is 0 Å². The molecule has 2 aromatic rings. The maximum atomic E-state index is 12.2. The quantitative estimate of drug-likeness (QED) is 0.921. The summed E-state index contributed by atoms with van der Waals surface area (Å²) in [5.41, 5.74) is 0.969. The van der Waals surface area contributed by atoms with Crippen LogP contribution >= 0.6 is 11.6 Å². The highest BCUT2D eigenvalue weighted by Gasteiger charge is 2.17. The smallest absolute Gasteiger partial charge is 0.263 e. The Labute approximate surface area is 121 Å². The van der Waals surface area contributed by atoms with Crippen LogP contribution in [0.25, 0.3) is 0 Å². The Morgan fingerprint density at radius 1 is 1.25 bits per heavy atom. The molecule has 0 bridgehead atoms. The first-order chi connectivity index (χ1) is 9.40. The lowest BCUT2D eigenvalue weighted by atomic mass is 10.1. The van der Waals surface area contributed by atoms with Crippen LogP contribution in [0.4, 0.5) is 5.69 Å². The van der Waals surface area contributed by atoms with Crippen LogP contribution in [-0.2, 0) is 0 Å². The van der Waals surface area contributed by atoms with Crippen molar-refractivity contribution in [2.75, 3.05) is 5.32 Å². The van der Waals surface area contributed by atoms with E-state index in [2.05, 4.69) is 5.32 Å². The summed E-state index contributed by atoms with van der Waals surface area (Å²) in [6, 6.07) is 6.49. The molecule has 5 heteroatoms. The van der Waals surface area contributed by atoms with E-state index >= 15 is 0 Å². The van der Waals surface area contributed by atoms with Crippen molar-refractivity contribution < 1.29 is 9.21 Å². The number of benzene rings is 1. The van der Waals surface area contributed by atoms with Gasteiger partial charge in [-0.15, -0.1) is 0 Å². The third-order valence-corrected chi connectivity index (χ3v) is 3.40. The number of hydrogen-bond acceptors (Lipinski definition) is 3. The standard InChI is InChI=1S/C15H14ClNO3/c1-8-7-13(18)14(10(3)20-8)15(19)17-12-6-4-5-11(16)9(12)2/h4-7H,1-3H3,(H,17,19). The zero-order valence-electron chi connectivity index (χ0n) is 11.4. The van der Waals surface area contributed by atoms with Gasteiger partial charge in [0.05, 0.1) is 0 Å². The van der Waals surface area contributed by atoms with E-state index in [1.807, 2.05) is 0 Å². The van der Waals surface area contributed by atoms with Gasteiger partial charge in [-0.2, -0.15) is 0 Å². The number of anilines is 1. The molecule has 0 fully saturated rings. The highest BCUT2D eigenvalue weighted by atomic mass is 35.5. The number of carbonyl (C=O) groups excluding carboxylic acids is 1. The molecule has 0 aliphatic carbocycles. The molecule has 4 nitrogen and oxygen atoms in total. The zero-order valence-corrected chi connectivity index (χ0v) is 12.2. The monoisotopic (exact) mass is 291 g/mol. The highest BCUT2D eigenvalue weighted by Crippen LogP contribution is 2.23. The first-order valence-electron chi connectivity index (χ1n) is 6.08. The Bertz CT molecular complexity index is 734. The molecule has 0 radical (unpaired) electrons. The van der Waals surface area contributed by atoms with Crippen molar-refractivity contribution in [1.29, 1.82) is 0 Å². The van der Waals surface area contributed by atoms with Crippen molar-refractivity contribution in [3.8, 4) is 0 Å². The minimum absolute atomic E-state index is 0.00924. The Balaban J connectivity index is 2.39. The largest absolute Gasteiger partial charge is 0.466 e. The van der Waals surface area contributed by atoms with Crippen LogP contribution < -0.4 is 10.7 Å². The van der Waals surface area contributed by atoms with Gasteiger partial charge in [0.25, 0.3) is 5.91 Å². The van der Waals surface area contributed by atoms with Crippen LogP contribution in [0.1, 0.15) is 27.4 Å². The molecule has 1 heterocycles. The normalized spacial score (nSPS) is 10.4. The van der Waals surface area contributed by atoms with E-state index in [4.69, 9.17) is 16.0 Å². The Hall–Kier alpha value is -2.07. The van der Waals surface area contributed by atoms with Crippen LogP contribution in [0, 0.1) is 20.8 Å². The van der Waals surface area contributed by atoms with Gasteiger partial charge in [0, 0.05) is 16.8 Å². The van der Waals surface area contributed by atoms with Crippen molar-refractivity contribution >= 4 is 23.2 Å². The van der Waals surface area contributed by atoms with Crippen LogP contribution in [0.15, 0.2) is 33.5 Å². The van der Waals surface area contributed by atoms with E-state index < -0.39 is 5.91 Å². The van der Waals surface area contributed by atoms with Gasteiger partial charge in [-0.3, -0.25) is 9.59 Å². The van der Waals surface area contributed by atoms with Crippen LogP contribution in [0.3, 0.4) is 0 Å². The second kappa shape index (κ2) is 5.51. The van der Waals surface area contributed by atoms with Crippen molar-refractivity contribution in [3.63, 3.8) is 0 Å². The van der Waals surface area contributed by atoms with Gasteiger partial charge < -0.3 is 9.73 Å². The third kappa shape index (κ3) is 2.75. The topological polar surface area (TPSA) is 59.3 Å². The molecule has 0 saturated heterocycles. The number of carbonyl (C=O) groups is 1. The second-order valence-corrected chi connectivity index (χ2v) is 4.93. The number of halogens is 1. The molecule has 0 unspecified atom stereocenters. The van der Waals surface area contributed by atoms with Gasteiger partial charge in [0.15, 0.2) is 5.43 Å². The van der Waals surface area contributed by atoms with E-state index in [-0.39, 0.29) is 11.0 Å². The summed E-state index contributed by atoms with van der Waals surface area (Å²) in [6.45, 7) is 5.05. The Morgan fingerprint density at radius 2 is 1.95 bits per heavy atom. The average Bonchev–Trinajstić information content (AvgIpc) is 2.33. The van der Waals surface area contributed by atoms with Crippen molar-refractivity contribution in [1.82, 2.24) is 0 Å². The molecule has 2 rings (SSSR count). The minimum atomic E-state index is -0.499. The number of rotatable bonds is 2. The number of nitrogens with one attached hydrogen (secondary N) is 1. The fraction of sp³-hybridized carbons (Fsp3) is 0.200. The first kappa shape index (κ1) is 14.3. The summed E-state index contributed by atoms with van der Waals surface area (Å²) in [6.07, 6.45) is 0. The molecule has 0 aliphatic heterocycles. The molecule has 0 spiro atoms. The lowest BCUT2D eigenvalue weighted by molar-refractivity contribution is 0.102. The van der Waals surface area contributed by atoms with Crippen LogP contribution in [-0.4, -0.2) is 5.91 Å². The molecule has 0 aliphatic rings. The predicted molar refractivity (Wildman–Crippen MR) is 78.6 cm³/mol. The molecular weight excluding hydrogens is 278 g/mol. The van der Waals surface area contributed by atoms with Gasteiger partial charge in [-0.05, 0) is 38.5 Å². The maximum absolute atomic E-state index is 12.2. The van der Waals surface area contributed by atoms with Crippen molar-refractivity contribution in [2.24, 2.45) is 0 Å². The summed E-state index contributed by atoms with van der Waals surface area (Å²) in [7, 11) is 0. The number of aryl methyl sites for hydroxylation is 2. The van der Waals surface area contributed by atoms with E-state index in [1.165, 1.54) is 6.07 Å². The molecule has 1 amide bonds. The molecule has 20 heavy (non-hydrogen) atoms. The molecular formula is C15H14ClNO3. The molecule has 1 aromatic carbocycles. The minimum Gasteiger partial charge on any atom is -0.466 e. The Kier molecular flexibility index (Phi) is 3.95. The fourth-order valence-electron chi connectivity index (χ4n) is 1.95.